The summed E-state index contributed by atoms with van der Waals surface area (Å²) in [6, 6.07) is 55.4. The Hall–Kier alpha value is -7.56. The van der Waals surface area contributed by atoms with Gasteiger partial charge in [0.1, 0.15) is 11.2 Å². The van der Waals surface area contributed by atoms with Gasteiger partial charge in [-0.1, -0.05) is 103 Å². The van der Waals surface area contributed by atoms with Crippen molar-refractivity contribution < 1.29 is 4.42 Å². The highest BCUT2D eigenvalue weighted by molar-refractivity contribution is 6.39. The van der Waals surface area contributed by atoms with Gasteiger partial charge in [-0.2, -0.15) is 15.2 Å². The van der Waals surface area contributed by atoms with Gasteiger partial charge < -0.3 is 8.98 Å². The first-order chi connectivity index (χ1) is 26.3. The maximum absolute atomic E-state index is 9.52. The number of furan rings is 1. The summed E-state index contributed by atoms with van der Waals surface area (Å²) in [5.41, 5.74) is 8.92. The van der Waals surface area contributed by atoms with Gasteiger partial charge in [0, 0.05) is 43.7 Å². The smallest absolute Gasteiger partial charge is 0.238 e. The van der Waals surface area contributed by atoms with Crippen LogP contribution in [-0.2, 0) is 0 Å². The summed E-state index contributed by atoms with van der Waals surface area (Å²) in [5, 5.41) is 15.9. The van der Waals surface area contributed by atoms with Gasteiger partial charge in [0.15, 0.2) is 11.6 Å². The molecule has 246 valence electrons. The van der Waals surface area contributed by atoms with Gasteiger partial charge in [-0.3, -0.25) is 4.57 Å². The number of fused-ring (bicyclic) bond motifs is 12. The van der Waals surface area contributed by atoms with E-state index in [0.717, 1.165) is 82.4 Å². The van der Waals surface area contributed by atoms with Crippen LogP contribution >= 0.6 is 0 Å². The first-order valence-electron chi connectivity index (χ1n) is 17.4. The topological polar surface area (TPSA) is 85.5 Å². The number of hydrogen-bond donors (Lipinski definition) is 0. The van der Waals surface area contributed by atoms with E-state index in [1.54, 1.807) is 12.1 Å². The van der Waals surface area contributed by atoms with Crippen LogP contribution in [0.1, 0.15) is 5.56 Å². The molecule has 53 heavy (non-hydrogen) atoms. The van der Waals surface area contributed by atoms with Crippen molar-refractivity contribution in [2.45, 2.75) is 0 Å². The number of aromatic nitrogens is 5. The summed E-state index contributed by atoms with van der Waals surface area (Å²) in [5.74, 6) is 1.53. The second-order valence-corrected chi connectivity index (χ2v) is 13.1. The van der Waals surface area contributed by atoms with Crippen LogP contribution in [0.3, 0.4) is 0 Å². The van der Waals surface area contributed by atoms with E-state index < -0.39 is 0 Å². The maximum atomic E-state index is 9.52. The first-order valence-corrected chi connectivity index (χ1v) is 17.4. The van der Waals surface area contributed by atoms with E-state index in [2.05, 4.69) is 100 Å². The zero-order valence-electron chi connectivity index (χ0n) is 28.1. The van der Waals surface area contributed by atoms with Crippen LogP contribution in [0, 0.1) is 11.3 Å². The van der Waals surface area contributed by atoms with Gasteiger partial charge in [0.2, 0.25) is 5.95 Å². The van der Waals surface area contributed by atoms with E-state index >= 15 is 0 Å². The molecule has 0 atom stereocenters. The lowest BCUT2D eigenvalue weighted by atomic mass is 10.0. The van der Waals surface area contributed by atoms with E-state index in [-0.39, 0.29) is 0 Å². The number of hydrogen-bond acceptors (Lipinski definition) is 5. The Bertz CT molecular complexity index is 3280. The van der Waals surface area contributed by atoms with Crippen molar-refractivity contribution in [3.05, 3.63) is 163 Å². The highest BCUT2D eigenvalue weighted by Crippen LogP contribution is 2.49. The maximum Gasteiger partial charge on any atom is 0.238 e. The second kappa shape index (κ2) is 11.2. The van der Waals surface area contributed by atoms with Gasteiger partial charge in [-0.25, -0.2) is 4.98 Å². The fraction of sp³-hybridized carbons (Fsp3) is 0. The van der Waals surface area contributed by atoms with E-state index in [1.165, 1.54) is 0 Å². The third-order valence-corrected chi connectivity index (χ3v) is 10.2. The largest absolute Gasteiger partial charge is 0.455 e. The molecule has 0 fully saturated rings. The SMILES string of the molecule is N#Cc1ccc(-c2nc(-c3ccccc3)nc(-n3c4ccccc4c4c5oc6ccccc6c5c5c6ccccc6n(-c6ccccc6)c5c43)n2)cc1. The minimum Gasteiger partial charge on any atom is -0.455 e. The summed E-state index contributed by atoms with van der Waals surface area (Å²) in [6.45, 7) is 0. The summed E-state index contributed by atoms with van der Waals surface area (Å²) in [4.78, 5) is 15.5. The van der Waals surface area contributed by atoms with E-state index in [4.69, 9.17) is 19.4 Å². The van der Waals surface area contributed by atoms with Crippen molar-refractivity contribution in [3.8, 4) is 40.5 Å². The molecule has 4 heterocycles. The summed E-state index contributed by atoms with van der Waals surface area (Å²) in [7, 11) is 0. The third kappa shape index (κ3) is 4.24. The van der Waals surface area contributed by atoms with Crippen molar-refractivity contribution in [2.24, 2.45) is 0 Å². The molecule has 0 unspecified atom stereocenters. The fourth-order valence-corrected chi connectivity index (χ4v) is 7.94. The first kappa shape index (κ1) is 29.2. The van der Waals surface area contributed by atoms with Crippen LogP contribution in [0.25, 0.3) is 100.0 Å². The van der Waals surface area contributed by atoms with Crippen molar-refractivity contribution in [1.82, 2.24) is 24.1 Å². The normalized spacial score (nSPS) is 11.8. The lowest BCUT2D eigenvalue weighted by molar-refractivity contribution is 0.673. The Morgan fingerprint density at radius 2 is 1.02 bits per heavy atom. The molecule has 0 spiro atoms. The zero-order chi connectivity index (χ0) is 35.0. The van der Waals surface area contributed by atoms with Gasteiger partial charge in [0.25, 0.3) is 0 Å². The van der Waals surface area contributed by atoms with Crippen LogP contribution in [0.4, 0.5) is 0 Å². The van der Waals surface area contributed by atoms with Gasteiger partial charge in [-0.15, -0.1) is 0 Å². The van der Waals surface area contributed by atoms with Crippen LogP contribution in [-0.4, -0.2) is 24.1 Å². The van der Waals surface area contributed by atoms with Crippen molar-refractivity contribution in [3.63, 3.8) is 0 Å². The van der Waals surface area contributed by atoms with Crippen LogP contribution in [0.15, 0.2) is 162 Å². The van der Waals surface area contributed by atoms with Crippen molar-refractivity contribution >= 4 is 65.6 Å². The zero-order valence-corrected chi connectivity index (χ0v) is 28.1. The average Bonchev–Trinajstić information content (AvgIpc) is 3.89. The molecule has 0 N–H and O–H groups in total. The summed E-state index contributed by atoms with van der Waals surface area (Å²) >= 11 is 0. The molecular formula is C46H26N6O. The van der Waals surface area contributed by atoms with Crippen molar-refractivity contribution in [1.29, 1.82) is 5.26 Å². The van der Waals surface area contributed by atoms with E-state index in [9.17, 15) is 5.26 Å². The predicted molar refractivity (Wildman–Crippen MR) is 211 cm³/mol. The standard InChI is InChI=1S/C46H26N6O/c47-27-28-23-25-30(26-24-28)45-48-44(29-13-3-1-4-14-29)49-46(50-45)52-36-21-11-8-18-33(36)40-42(52)41-38(39-34-19-9-12-22-37(34)53-43(39)40)32-17-7-10-20-35(32)51(41)31-15-5-2-6-16-31/h1-26H. The molecule has 0 amide bonds. The van der Waals surface area contributed by atoms with Gasteiger partial charge >= 0.3 is 0 Å². The predicted octanol–water partition coefficient (Wildman–Crippen LogP) is 11.2. The highest BCUT2D eigenvalue weighted by atomic mass is 16.3. The fourth-order valence-electron chi connectivity index (χ4n) is 7.94. The van der Waals surface area contributed by atoms with Crippen LogP contribution in [0.5, 0.6) is 0 Å². The number of benzene rings is 7. The molecule has 0 aliphatic heterocycles. The Morgan fingerprint density at radius 1 is 0.472 bits per heavy atom. The molecule has 7 heteroatoms. The van der Waals surface area contributed by atoms with Crippen LogP contribution in [0.2, 0.25) is 0 Å². The molecule has 11 rings (SSSR count). The van der Waals surface area contributed by atoms with Gasteiger partial charge in [0.05, 0.1) is 39.1 Å². The highest BCUT2D eigenvalue weighted by Gasteiger charge is 2.28. The van der Waals surface area contributed by atoms with Gasteiger partial charge in [-0.05, 0) is 54.6 Å². The number of nitriles is 1. The Morgan fingerprint density at radius 3 is 1.72 bits per heavy atom. The molecule has 0 bridgehead atoms. The number of para-hydroxylation sites is 4. The Balaban J connectivity index is 1.39. The molecular weight excluding hydrogens is 653 g/mol. The molecule has 7 nitrogen and oxygen atoms in total. The summed E-state index contributed by atoms with van der Waals surface area (Å²) in [6.07, 6.45) is 0. The Kier molecular flexibility index (Phi) is 6.18. The Labute approximate surface area is 302 Å². The molecule has 4 aromatic heterocycles. The average molecular weight is 679 g/mol. The lowest BCUT2D eigenvalue weighted by Crippen LogP contribution is -2.07. The van der Waals surface area contributed by atoms with Crippen LogP contribution < -0.4 is 0 Å². The molecule has 0 saturated heterocycles. The van der Waals surface area contributed by atoms with E-state index in [1.807, 2.05) is 60.7 Å². The molecule has 0 aliphatic rings. The minimum atomic E-state index is 0.478. The third-order valence-electron chi connectivity index (χ3n) is 10.2. The second-order valence-electron chi connectivity index (χ2n) is 13.1. The molecule has 11 aromatic rings. The number of rotatable bonds is 4. The minimum absolute atomic E-state index is 0.478. The quantitative estimate of drug-likeness (QED) is 0.185. The lowest BCUT2D eigenvalue weighted by Gasteiger charge is -2.13. The summed E-state index contributed by atoms with van der Waals surface area (Å²) < 4.78 is 11.4. The number of nitrogens with zero attached hydrogens (tertiary/aromatic N) is 6. The monoisotopic (exact) mass is 678 g/mol. The van der Waals surface area contributed by atoms with E-state index in [0.29, 0.717) is 23.2 Å². The molecule has 0 saturated carbocycles. The van der Waals surface area contributed by atoms with Crippen molar-refractivity contribution in [2.75, 3.05) is 0 Å². The molecule has 0 radical (unpaired) electrons. The molecule has 0 aliphatic carbocycles. The molecule has 7 aromatic carbocycles.